The molecule has 0 atom stereocenters. The molecule has 0 saturated heterocycles. The molecule has 0 heterocycles. The Bertz CT molecular complexity index is 1210. The molecule has 0 aromatic heterocycles. The lowest BCUT2D eigenvalue weighted by atomic mass is 10.1. The van der Waals surface area contributed by atoms with Gasteiger partial charge in [0.05, 0.1) is 25.5 Å². The normalized spacial score (nSPS) is 10.1. The molecule has 168 valence electrons. The Hall–Kier alpha value is -4.24. The third-order valence-electron chi connectivity index (χ3n) is 4.71. The molecule has 0 unspecified atom stereocenters. The first-order valence-electron chi connectivity index (χ1n) is 9.71. The summed E-state index contributed by atoms with van der Waals surface area (Å²) in [5.41, 5.74) is 8.03. The van der Waals surface area contributed by atoms with Gasteiger partial charge in [0.25, 0.3) is 11.8 Å². The smallest absolute Gasteiger partial charge is 0.337 e. The van der Waals surface area contributed by atoms with Gasteiger partial charge in [-0.2, -0.15) is 0 Å². The Kier molecular flexibility index (Phi) is 7.37. The van der Waals surface area contributed by atoms with Crippen LogP contribution in [-0.4, -0.2) is 37.0 Å². The van der Waals surface area contributed by atoms with Crippen molar-refractivity contribution in [1.29, 1.82) is 0 Å². The highest BCUT2D eigenvalue weighted by Gasteiger charge is 2.15. The Morgan fingerprint density at radius 2 is 1.36 bits per heavy atom. The lowest BCUT2D eigenvalue weighted by Crippen LogP contribution is -2.19. The number of nitrogens with two attached hydrogens (primary N) is 1. The van der Waals surface area contributed by atoms with E-state index in [9.17, 15) is 14.4 Å². The van der Waals surface area contributed by atoms with E-state index < -0.39 is 17.8 Å². The number of thiocarbonyl (C=S) groups is 1. The molecular formula is C24H21N3O5S. The van der Waals surface area contributed by atoms with Crippen LogP contribution in [0.4, 0.5) is 11.4 Å². The number of rotatable bonds is 7. The van der Waals surface area contributed by atoms with E-state index >= 15 is 0 Å². The molecule has 0 fully saturated rings. The van der Waals surface area contributed by atoms with E-state index in [0.717, 1.165) is 0 Å². The summed E-state index contributed by atoms with van der Waals surface area (Å²) in [5, 5.41) is 5.49. The van der Waals surface area contributed by atoms with Crippen LogP contribution < -0.4 is 21.1 Å². The van der Waals surface area contributed by atoms with Gasteiger partial charge < -0.3 is 25.8 Å². The molecule has 3 aromatic rings. The number of anilines is 2. The number of carbonyl (C=O) groups excluding carboxylic acids is 3. The second-order valence-corrected chi connectivity index (χ2v) is 7.27. The number of hydrogen-bond donors (Lipinski definition) is 3. The summed E-state index contributed by atoms with van der Waals surface area (Å²) in [4.78, 5) is 37.1. The SMILES string of the molecule is COC(=O)c1ccc(NC(=O)c2ccc(C(N)=S)c(NC(=O)c3ccc(OC)cc3)c2)cc1. The van der Waals surface area contributed by atoms with Gasteiger partial charge in [-0.25, -0.2) is 4.79 Å². The number of methoxy groups -OCH3 is 2. The summed E-state index contributed by atoms with van der Waals surface area (Å²) < 4.78 is 9.76. The van der Waals surface area contributed by atoms with Crippen LogP contribution in [0.3, 0.4) is 0 Å². The molecule has 4 N–H and O–H groups in total. The van der Waals surface area contributed by atoms with E-state index in [2.05, 4.69) is 15.4 Å². The highest BCUT2D eigenvalue weighted by Crippen LogP contribution is 2.21. The number of benzene rings is 3. The summed E-state index contributed by atoms with van der Waals surface area (Å²) in [6.07, 6.45) is 0. The van der Waals surface area contributed by atoms with Crippen LogP contribution in [0.15, 0.2) is 66.7 Å². The molecule has 2 amide bonds. The van der Waals surface area contributed by atoms with Crippen molar-refractivity contribution < 1.29 is 23.9 Å². The molecule has 9 heteroatoms. The van der Waals surface area contributed by atoms with Gasteiger partial charge in [-0.05, 0) is 66.7 Å². The maximum atomic E-state index is 12.8. The number of amides is 2. The van der Waals surface area contributed by atoms with Crippen molar-refractivity contribution in [2.75, 3.05) is 24.9 Å². The molecule has 0 radical (unpaired) electrons. The molecule has 3 rings (SSSR count). The van der Waals surface area contributed by atoms with Gasteiger partial charge in [-0.1, -0.05) is 12.2 Å². The molecule has 0 spiro atoms. The van der Waals surface area contributed by atoms with Gasteiger partial charge in [0.1, 0.15) is 10.7 Å². The van der Waals surface area contributed by atoms with E-state index in [4.69, 9.17) is 22.7 Å². The minimum atomic E-state index is -0.474. The first kappa shape index (κ1) is 23.4. The molecule has 0 saturated carbocycles. The lowest BCUT2D eigenvalue weighted by Gasteiger charge is -2.13. The molecule has 0 aliphatic carbocycles. The maximum absolute atomic E-state index is 12.8. The van der Waals surface area contributed by atoms with Crippen molar-refractivity contribution in [2.45, 2.75) is 0 Å². The van der Waals surface area contributed by atoms with Gasteiger partial charge in [-0.15, -0.1) is 0 Å². The Morgan fingerprint density at radius 3 is 1.94 bits per heavy atom. The monoisotopic (exact) mass is 463 g/mol. The molecule has 0 bridgehead atoms. The molecule has 8 nitrogen and oxygen atoms in total. The topological polar surface area (TPSA) is 120 Å². The van der Waals surface area contributed by atoms with E-state index in [0.29, 0.717) is 33.8 Å². The molecule has 0 aliphatic heterocycles. The van der Waals surface area contributed by atoms with Crippen LogP contribution >= 0.6 is 12.2 Å². The number of hydrogen-bond acceptors (Lipinski definition) is 6. The van der Waals surface area contributed by atoms with Crippen LogP contribution in [-0.2, 0) is 4.74 Å². The van der Waals surface area contributed by atoms with E-state index in [1.807, 2.05) is 0 Å². The van der Waals surface area contributed by atoms with Crippen molar-refractivity contribution in [3.05, 3.63) is 89.0 Å². The van der Waals surface area contributed by atoms with Gasteiger partial charge in [0.15, 0.2) is 0 Å². The van der Waals surface area contributed by atoms with Crippen molar-refractivity contribution in [1.82, 2.24) is 0 Å². The fourth-order valence-corrected chi connectivity index (χ4v) is 3.13. The number of nitrogens with one attached hydrogen (secondary N) is 2. The van der Waals surface area contributed by atoms with E-state index in [-0.39, 0.29) is 10.6 Å². The standard InChI is InChI=1S/C24H21N3O5S/c1-31-18-10-5-14(6-11-18)22(28)27-20-13-16(7-12-19(20)21(25)33)23(29)26-17-8-3-15(4-9-17)24(30)32-2/h3-13H,1-2H3,(H2,25,33)(H,26,29)(H,27,28). The van der Waals surface area contributed by atoms with Crippen LogP contribution in [0.5, 0.6) is 5.75 Å². The number of carbonyl (C=O) groups is 3. The largest absolute Gasteiger partial charge is 0.497 e. The molecular weight excluding hydrogens is 442 g/mol. The first-order valence-corrected chi connectivity index (χ1v) is 10.1. The average molecular weight is 464 g/mol. The third kappa shape index (κ3) is 5.72. The van der Waals surface area contributed by atoms with Crippen LogP contribution in [0.25, 0.3) is 0 Å². The summed E-state index contributed by atoms with van der Waals surface area (Å²) in [5.74, 6) is -0.673. The molecule has 33 heavy (non-hydrogen) atoms. The fourth-order valence-electron chi connectivity index (χ4n) is 2.95. The predicted octanol–water partition coefficient (Wildman–Crippen LogP) is 3.62. The highest BCUT2D eigenvalue weighted by atomic mass is 32.1. The van der Waals surface area contributed by atoms with Gasteiger partial charge in [-0.3, -0.25) is 9.59 Å². The van der Waals surface area contributed by atoms with Crippen molar-refractivity contribution >= 4 is 46.4 Å². The quantitative estimate of drug-likeness (QED) is 0.362. The fraction of sp³-hybridized carbons (Fsp3) is 0.0833. The van der Waals surface area contributed by atoms with Crippen molar-refractivity contribution in [2.24, 2.45) is 5.73 Å². The number of ether oxygens (including phenoxy) is 2. The molecule has 3 aromatic carbocycles. The summed E-state index contributed by atoms with van der Waals surface area (Å²) >= 11 is 5.08. The van der Waals surface area contributed by atoms with E-state index in [1.165, 1.54) is 32.4 Å². The van der Waals surface area contributed by atoms with Gasteiger partial charge >= 0.3 is 5.97 Å². The Morgan fingerprint density at radius 1 is 0.788 bits per heavy atom. The van der Waals surface area contributed by atoms with Crippen molar-refractivity contribution in [3.8, 4) is 5.75 Å². The minimum absolute atomic E-state index is 0.0744. The zero-order valence-corrected chi connectivity index (χ0v) is 18.7. The zero-order chi connectivity index (χ0) is 24.0. The average Bonchev–Trinajstić information content (AvgIpc) is 2.83. The summed E-state index contributed by atoms with van der Waals surface area (Å²) in [7, 11) is 2.83. The van der Waals surface area contributed by atoms with Crippen LogP contribution in [0.2, 0.25) is 0 Å². The Balaban J connectivity index is 1.81. The first-order chi connectivity index (χ1) is 15.8. The summed E-state index contributed by atoms with van der Waals surface area (Å²) in [6, 6.07) is 17.4. The van der Waals surface area contributed by atoms with Crippen LogP contribution in [0.1, 0.15) is 36.6 Å². The Labute approximate surface area is 195 Å². The van der Waals surface area contributed by atoms with Crippen molar-refractivity contribution in [3.63, 3.8) is 0 Å². The lowest BCUT2D eigenvalue weighted by molar-refractivity contribution is 0.0600. The van der Waals surface area contributed by atoms with Crippen LogP contribution in [0, 0.1) is 0 Å². The van der Waals surface area contributed by atoms with Gasteiger partial charge in [0.2, 0.25) is 0 Å². The minimum Gasteiger partial charge on any atom is -0.497 e. The number of esters is 1. The van der Waals surface area contributed by atoms with E-state index in [1.54, 1.807) is 48.5 Å². The zero-order valence-electron chi connectivity index (χ0n) is 17.9. The highest BCUT2D eigenvalue weighted by molar-refractivity contribution is 7.80. The predicted molar refractivity (Wildman–Crippen MR) is 129 cm³/mol. The summed E-state index contributed by atoms with van der Waals surface area (Å²) in [6.45, 7) is 0. The second-order valence-electron chi connectivity index (χ2n) is 6.83. The maximum Gasteiger partial charge on any atom is 0.337 e. The van der Waals surface area contributed by atoms with Gasteiger partial charge in [0, 0.05) is 22.4 Å². The molecule has 0 aliphatic rings. The second kappa shape index (κ2) is 10.4. The third-order valence-corrected chi connectivity index (χ3v) is 4.93.